The van der Waals surface area contributed by atoms with Crippen molar-refractivity contribution in [1.29, 1.82) is 0 Å². The first-order valence-electron chi connectivity index (χ1n) is 6.06. The Kier molecular flexibility index (Phi) is 6.69. The predicted octanol–water partition coefficient (Wildman–Crippen LogP) is 3.85. The summed E-state index contributed by atoms with van der Waals surface area (Å²) >= 11 is 1.88. The topological polar surface area (TPSA) is 12.0 Å². The number of thiophene rings is 1. The van der Waals surface area contributed by atoms with E-state index in [1.807, 2.05) is 11.3 Å². The predicted molar refractivity (Wildman–Crippen MR) is 69.6 cm³/mol. The first-order valence-corrected chi connectivity index (χ1v) is 6.94. The van der Waals surface area contributed by atoms with E-state index in [2.05, 4.69) is 36.8 Å². The molecule has 0 aliphatic heterocycles. The number of unbranched alkanes of at least 4 members (excludes halogenated alkanes) is 2. The van der Waals surface area contributed by atoms with Crippen LogP contribution in [0.5, 0.6) is 0 Å². The minimum absolute atomic E-state index is 0.707. The zero-order valence-electron chi connectivity index (χ0n) is 9.96. The monoisotopic (exact) mass is 225 g/mol. The molecule has 1 nitrogen and oxygen atoms in total. The van der Waals surface area contributed by atoms with Gasteiger partial charge in [-0.25, -0.2) is 0 Å². The first kappa shape index (κ1) is 12.7. The highest BCUT2D eigenvalue weighted by Gasteiger charge is 2.05. The van der Waals surface area contributed by atoms with Crippen LogP contribution in [0, 0.1) is 0 Å². The van der Waals surface area contributed by atoms with E-state index in [9.17, 15) is 0 Å². The fourth-order valence-electron chi connectivity index (χ4n) is 1.85. The van der Waals surface area contributed by atoms with Crippen LogP contribution in [-0.4, -0.2) is 13.1 Å². The fraction of sp³-hybridized carbons (Fsp3) is 0.692. The zero-order chi connectivity index (χ0) is 10.9. The van der Waals surface area contributed by atoms with Gasteiger partial charge in [0, 0.05) is 10.9 Å². The van der Waals surface area contributed by atoms with Gasteiger partial charge in [-0.3, -0.25) is 0 Å². The SMILES string of the molecule is CCCCCC(CCc1cccs1)NC. The second-order valence-corrected chi connectivity index (χ2v) is 5.13. The van der Waals surface area contributed by atoms with Crippen LogP contribution >= 0.6 is 11.3 Å². The van der Waals surface area contributed by atoms with E-state index in [0.29, 0.717) is 6.04 Å². The summed E-state index contributed by atoms with van der Waals surface area (Å²) in [7, 11) is 2.09. The van der Waals surface area contributed by atoms with E-state index in [1.54, 1.807) is 0 Å². The summed E-state index contributed by atoms with van der Waals surface area (Å²) in [5.74, 6) is 0. The highest BCUT2D eigenvalue weighted by atomic mass is 32.1. The van der Waals surface area contributed by atoms with Crippen LogP contribution in [0.25, 0.3) is 0 Å². The summed E-state index contributed by atoms with van der Waals surface area (Å²) in [6.45, 7) is 2.26. The molecule has 0 bridgehead atoms. The maximum Gasteiger partial charge on any atom is 0.00675 e. The number of rotatable bonds is 8. The van der Waals surface area contributed by atoms with E-state index in [1.165, 1.54) is 43.4 Å². The molecular weight excluding hydrogens is 202 g/mol. The molecule has 1 rings (SSSR count). The highest BCUT2D eigenvalue weighted by molar-refractivity contribution is 7.09. The normalized spacial score (nSPS) is 12.9. The molecule has 0 aliphatic carbocycles. The molecule has 2 heteroatoms. The Morgan fingerprint density at radius 1 is 1.33 bits per heavy atom. The largest absolute Gasteiger partial charge is 0.317 e. The summed E-state index contributed by atoms with van der Waals surface area (Å²) in [4.78, 5) is 1.52. The standard InChI is InChI=1S/C13H23NS/c1-3-4-5-7-12(14-2)9-10-13-8-6-11-15-13/h6,8,11-12,14H,3-5,7,9-10H2,1-2H3. The number of nitrogens with one attached hydrogen (secondary N) is 1. The van der Waals surface area contributed by atoms with Gasteiger partial charge in [0.1, 0.15) is 0 Å². The van der Waals surface area contributed by atoms with Crippen LogP contribution < -0.4 is 5.32 Å². The van der Waals surface area contributed by atoms with E-state index >= 15 is 0 Å². The van der Waals surface area contributed by atoms with Crippen LogP contribution in [0.15, 0.2) is 17.5 Å². The van der Waals surface area contributed by atoms with Crippen LogP contribution in [0.1, 0.15) is 43.9 Å². The Balaban J connectivity index is 2.16. The molecule has 0 aromatic carbocycles. The second-order valence-electron chi connectivity index (χ2n) is 4.10. The molecule has 0 saturated heterocycles. The molecule has 1 aromatic rings. The van der Waals surface area contributed by atoms with Crippen LogP contribution in [0.2, 0.25) is 0 Å². The lowest BCUT2D eigenvalue weighted by atomic mass is 10.0. The Morgan fingerprint density at radius 3 is 2.80 bits per heavy atom. The summed E-state index contributed by atoms with van der Waals surface area (Å²) in [6.07, 6.45) is 7.90. The van der Waals surface area contributed by atoms with Crippen LogP contribution in [0.4, 0.5) is 0 Å². The molecule has 0 fully saturated rings. The minimum atomic E-state index is 0.707. The van der Waals surface area contributed by atoms with E-state index < -0.39 is 0 Å². The van der Waals surface area contributed by atoms with E-state index in [4.69, 9.17) is 0 Å². The molecular formula is C13H23NS. The van der Waals surface area contributed by atoms with Gasteiger partial charge in [-0.1, -0.05) is 32.3 Å². The van der Waals surface area contributed by atoms with Gasteiger partial charge in [0.15, 0.2) is 0 Å². The van der Waals surface area contributed by atoms with E-state index in [-0.39, 0.29) is 0 Å². The van der Waals surface area contributed by atoms with Gasteiger partial charge < -0.3 is 5.32 Å². The number of hydrogen-bond acceptors (Lipinski definition) is 2. The third-order valence-corrected chi connectivity index (χ3v) is 3.82. The third-order valence-electron chi connectivity index (χ3n) is 2.88. The van der Waals surface area contributed by atoms with Crippen molar-refractivity contribution in [1.82, 2.24) is 5.32 Å². The van der Waals surface area contributed by atoms with Crippen molar-refractivity contribution in [2.45, 2.75) is 51.5 Å². The van der Waals surface area contributed by atoms with Crippen molar-refractivity contribution in [3.05, 3.63) is 22.4 Å². The van der Waals surface area contributed by atoms with Crippen molar-refractivity contribution in [3.8, 4) is 0 Å². The molecule has 1 heterocycles. The molecule has 1 N–H and O–H groups in total. The summed E-state index contributed by atoms with van der Waals surface area (Å²) in [5, 5.41) is 5.60. The maximum atomic E-state index is 3.43. The molecule has 0 spiro atoms. The van der Waals surface area contributed by atoms with Crippen molar-refractivity contribution >= 4 is 11.3 Å². The van der Waals surface area contributed by atoms with Gasteiger partial charge in [0.05, 0.1) is 0 Å². The van der Waals surface area contributed by atoms with Crippen molar-refractivity contribution in [2.75, 3.05) is 7.05 Å². The Hall–Kier alpha value is -0.340. The summed E-state index contributed by atoms with van der Waals surface area (Å²) in [6, 6.07) is 5.09. The molecule has 0 radical (unpaired) electrons. The molecule has 15 heavy (non-hydrogen) atoms. The molecule has 1 aromatic heterocycles. The maximum absolute atomic E-state index is 3.43. The highest BCUT2D eigenvalue weighted by Crippen LogP contribution is 2.14. The summed E-state index contributed by atoms with van der Waals surface area (Å²) < 4.78 is 0. The van der Waals surface area contributed by atoms with Crippen molar-refractivity contribution in [3.63, 3.8) is 0 Å². The zero-order valence-corrected chi connectivity index (χ0v) is 10.8. The molecule has 1 unspecified atom stereocenters. The number of aryl methyl sites for hydroxylation is 1. The molecule has 86 valence electrons. The average Bonchev–Trinajstić information content (AvgIpc) is 2.76. The van der Waals surface area contributed by atoms with Gasteiger partial charge in [0.25, 0.3) is 0 Å². The first-order chi connectivity index (χ1) is 7.36. The van der Waals surface area contributed by atoms with Crippen LogP contribution in [0.3, 0.4) is 0 Å². The quantitative estimate of drug-likeness (QED) is 0.663. The van der Waals surface area contributed by atoms with Gasteiger partial charge in [-0.05, 0) is 37.8 Å². The fourth-order valence-corrected chi connectivity index (χ4v) is 2.57. The van der Waals surface area contributed by atoms with E-state index in [0.717, 1.165) is 0 Å². The number of hydrogen-bond donors (Lipinski definition) is 1. The Bertz CT molecular complexity index is 231. The van der Waals surface area contributed by atoms with Gasteiger partial charge >= 0.3 is 0 Å². The lowest BCUT2D eigenvalue weighted by Gasteiger charge is -2.15. The average molecular weight is 225 g/mol. The van der Waals surface area contributed by atoms with Gasteiger partial charge in [-0.15, -0.1) is 11.3 Å². The van der Waals surface area contributed by atoms with Crippen molar-refractivity contribution < 1.29 is 0 Å². The third kappa shape index (κ3) is 5.33. The Labute approximate surface area is 97.9 Å². The molecule has 1 atom stereocenters. The second kappa shape index (κ2) is 7.89. The lowest BCUT2D eigenvalue weighted by Crippen LogP contribution is -2.25. The molecule has 0 saturated carbocycles. The Morgan fingerprint density at radius 2 is 2.20 bits per heavy atom. The molecule has 0 amide bonds. The van der Waals surface area contributed by atoms with Crippen molar-refractivity contribution in [2.24, 2.45) is 0 Å². The van der Waals surface area contributed by atoms with Gasteiger partial charge in [-0.2, -0.15) is 0 Å². The summed E-state index contributed by atoms with van der Waals surface area (Å²) in [5.41, 5.74) is 0. The minimum Gasteiger partial charge on any atom is -0.317 e. The van der Waals surface area contributed by atoms with Gasteiger partial charge in [0.2, 0.25) is 0 Å². The lowest BCUT2D eigenvalue weighted by molar-refractivity contribution is 0.466. The smallest absolute Gasteiger partial charge is 0.00675 e. The van der Waals surface area contributed by atoms with Crippen LogP contribution in [-0.2, 0) is 6.42 Å². The molecule has 0 aliphatic rings.